The van der Waals surface area contributed by atoms with Crippen molar-refractivity contribution in [3.05, 3.63) is 65.2 Å². The van der Waals surface area contributed by atoms with E-state index in [9.17, 15) is 9.59 Å². The van der Waals surface area contributed by atoms with Gasteiger partial charge in [0, 0.05) is 24.7 Å². The van der Waals surface area contributed by atoms with E-state index in [2.05, 4.69) is 20.9 Å². The maximum Gasteiger partial charge on any atom is 0.315 e. The van der Waals surface area contributed by atoms with Crippen molar-refractivity contribution in [2.45, 2.75) is 31.5 Å². The maximum absolute atomic E-state index is 12.3. The number of carbonyl (C=O) groups excluding carboxylic acids is 2. The summed E-state index contributed by atoms with van der Waals surface area (Å²) in [6.45, 7) is 0.820. The summed E-state index contributed by atoms with van der Waals surface area (Å²) in [4.78, 5) is 26.5. The molecule has 0 saturated heterocycles. The van der Waals surface area contributed by atoms with E-state index in [-0.39, 0.29) is 18.0 Å². The first-order chi connectivity index (χ1) is 14.5. The predicted molar refractivity (Wildman–Crippen MR) is 117 cm³/mol. The minimum Gasteiger partial charge on any atom is -0.497 e. The second-order valence-corrected chi connectivity index (χ2v) is 7.76. The van der Waals surface area contributed by atoms with E-state index in [1.165, 1.54) is 0 Å². The third-order valence-corrected chi connectivity index (χ3v) is 5.13. The first kappa shape index (κ1) is 21.6. The molecule has 1 fully saturated rings. The van der Waals surface area contributed by atoms with Crippen LogP contribution in [0.3, 0.4) is 0 Å². The third-order valence-electron chi connectivity index (χ3n) is 5.13. The van der Waals surface area contributed by atoms with E-state index in [0.29, 0.717) is 24.7 Å². The van der Waals surface area contributed by atoms with Crippen LogP contribution in [0, 0.1) is 0 Å². The number of nitrogens with zero attached hydrogens (tertiary/aromatic N) is 1. The molecule has 0 heterocycles. The van der Waals surface area contributed by atoms with Gasteiger partial charge in [0.05, 0.1) is 13.2 Å². The minimum atomic E-state index is -0.247. The number of hydrogen-bond acceptors (Lipinski definition) is 4. The van der Waals surface area contributed by atoms with Gasteiger partial charge in [-0.05, 0) is 62.3 Å². The number of carbonyl (C=O) groups is 2. The molecule has 2 aromatic carbocycles. The van der Waals surface area contributed by atoms with E-state index in [1.54, 1.807) is 13.2 Å². The quantitative estimate of drug-likeness (QED) is 0.594. The van der Waals surface area contributed by atoms with Gasteiger partial charge < -0.3 is 25.6 Å². The van der Waals surface area contributed by atoms with E-state index >= 15 is 0 Å². The van der Waals surface area contributed by atoms with Crippen LogP contribution in [-0.2, 0) is 6.54 Å². The van der Waals surface area contributed by atoms with Crippen molar-refractivity contribution in [2.75, 3.05) is 27.7 Å². The highest BCUT2D eigenvalue weighted by Gasteiger charge is 2.23. The van der Waals surface area contributed by atoms with Crippen LogP contribution < -0.4 is 20.7 Å². The molecule has 0 bridgehead atoms. The smallest absolute Gasteiger partial charge is 0.315 e. The normalized spacial score (nSPS) is 14.1. The molecule has 160 valence electrons. The number of likely N-dealkylation sites (N-methyl/N-ethyl adjacent to an activating group) is 1. The number of nitrogens with one attached hydrogen (secondary N) is 3. The number of methoxy groups -OCH3 is 1. The van der Waals surface area contributed by atoms with Gasteiger partial charge in [0.2, 0.25) is 0 Å². The molecule has 30 heavy (non-hydrogen) atoms. The van der Waals surface area contributed by atoms with Gasteiger partial charge in [-0.1, -0.05) is 24.3 Å². The molecule has 0 aromatic heterocycles. The van der Waals surface area contributed by atoms with Gasteiger partial charge in [-0.2, -0.15) is 0 Å². The van der Waals surface area contributed by atoms with Crippen LogP contribution in [0.25, 0.3) is 0 Å². The maximum atomic E-state index is 12.3. The van der Waals surface area contributed by atoms with Crippen molar-refractivity contribution in [2.24, 2.45) is 0 Å². The number of hydrogen-bond donors (Lipinski definition) is 3. The van der Waals surface area contributed by atoms with Gasteiger partial charge in [0.15, 0.2) is 0 Å². The van der Waals surface area contributed by atoms with Crippen LogP contribution in [-0.4, -0.2) is 50.6 Å². The van der Waals surface area contributed by atoms with Gasteiger partial charge in [0.25, 0.3) is 5.91 Å². The lowest BCUT2D eigenvalue weighted by Gasteiger charge is -2.25. The molecule has 1 aliphatic rings. The minimum absolute atomic E-state index is 0.0381. The zero-order valence-corrected chi connectivity index (χ0v) is 17.8. The van der Waals surface area contributed by atoms with Crippen molar-refractivity contribution >= 4 is 11.9 Å². The summed E-state index contributed by atoms with van der Waals surface area (Å²) in [6.07, 6.45) is 2.11. The van der Waals surface area contributed by atoms with Gasteiger partial charge in [0.1, 0.15) is 5.75 Å². The molecule has 0 aliphatic heterocycles. The molecule has 1 saturated carbocycles. The van der Waals surface area contributed by atoms with E-state index < -0.39 is 0 Å². The van der Waals surface area contributed by atoms with Crippen molar-refractivity contribution in [3.63, 3.8) is 0 Å². The second kappa shape index (κ2) is 10.1. The van der Waals surface area contributed by atoms with Crippen molar-refractivity contribution in [1.82, 2.24) is 20.9 Å². The summed E-state index contributed by atoms with van der Waals surface area (Å²) >= 11 is 0. The fourth-order valence-electron chi connectivity index (χ4n) is 3.18. The topological polar surface area (TPSA) is 82.7 Å². The Morgan fingerprint density at radius 3 is 2.47 bits per heavy atom. The molecular weight excluding hydrogens is 380 g/mol. The molecular formula is C23H30N4O3. The molecule has 3 rings (SSSR count). The Labute approximate surface area is 177 Å². The second-order valence-electron chi connectivity index (χ2n) is 7.76. The molecule has 0 radical (unpaired) electrons. The van der Waals surface area contributed by atoms with E-state index in [1.807, 2.05) is 56.6 Å². The van der Waals surface area contributed by atoms with Crippen LogP contribution in [0.4, 0.5) is 4.79 Å². The summed E-state index contributed by atoms with van der Waals surface area (Å²) in [7, 11) is 5.60. The molecule has 1 atom stereocenters. The predicted octanol–water partition coefficient (Wildman–Crippen LogP) is 2.69. The number of ether oxygens (including phenoxy) is 1. The Balaban J connectivity index is 1.50. The van der Waals surface area contributed by atoms with Crippen LogP contribution in [0.5, 0.6) is 5.75 Å². The largest absolute Gasteiger partial charge is 0.497 e. The SMILES string of the molecule is COc1ccc(C(CNC(=O)NCc2cccc(C(=O)NC3CC3)c2)N(C)C)cc1. The standard InChI is InChI=1S/C23H30N4O3/c1-27(2)21(17-7-11-20(30-3)12-8-17)15-25-23(29)24-14-16-5-4-6-18(13-16)22(28)26-19-9-10-19/h4-8,11-13,19,21H,9-10,14-15H2,1-3H3,(H,26,28)(H2,24,25,29). The summed E-state index contributed by atoms with van der Waals surface area (Å²) in [5.41, 5.74) is 2.59. The monoisotopic (exact) mass is 410 g/mol. The molecule has 7 heteroatoms. The Kier molecular flexibility index (Phi) is 7.30. The Morgan fingerprint density at radius 1 is 1.10 bits per heavy atom. The zero-order valence-electron chi connectivity index (χ0n) is 17.8. The first-order valence-electron chi connectivity index (χ1n) is 10.2. The lowest BCUT2D eigenvalue weighted by molar-refractivity contribution is 0.0951. The van der Waals surface area contributed by atoms with Gasteiger partial charge in [-0.15, -0.1) is 0 Å². The highest BCUT2D eigenvalue weighted by molar-refractivity contribution is 5.94. The summed E-state index contributed by atoms with van der Waals surface area (Å²) in [6, 6.07) is 15.3. The lowest BCUT2D eigenvalue weighted by Crippen LogP contribution is -2.40. The molecule has 1 unspecified atom stereocenters. The molecule has 3 amide bonds. The van der Waals surface area contributed by atoms with Crippen LogP contribution >= 0.6 is 0 Å². The Hall–Kier alpha value is -3.06. The average Bonchev–Trinajstić information content (AvgIpc) is 3.57. The lowest BCUT2D eigenvalue weighted by atomic mass is 10.1. The molecule has 3 N–H and O–H groups in total. The van der Waals surface area contributed by atoms with Crippen LogP contribution in [0.15, 0.2) is 48.5 Å². The van der Waals surface area contributed by atoms with Gasteiger partial charge >= 0.3 is 6.03 Å². The Bertz CT molecular complexity index is 863. The highest BCUT2D eigenvalue weighted by atomic mass is 16.5. The highest BCUT2D eigenvalue weighted by Crippen LogP contribution is 2.21. The molecule has 0 spiro atoms. The molecule has 2 aromatic rings. The zero-order chi connectivity index (χ0) is 21.5. The van der Waals surface area contributed by atoms with Crippen molar-refractivity contribution in [3.8, 4) is 5.75 Å². The number of benzene rings is 2. The summed E-state index contributed by atoms with van der Waals surface area (Å²) in [5.74, 6) is 0.743. The van der Waals surface area contributed by atoms with Crippen LogP contribution in [0.2, 0.25) is 0 Å². The van der Waals surface area contributed by atoms with E-state index in [0.717, 1.165) is 29.7 Å². The van der Waals surface area contributed by atoms with Crippen molar-refractivity contribution < 1.29 is 14.3 Å². The fourth-order valence-corrected chi connectivity index (χ4v) is 3.18. The van der Waals surface area contributed by atoms with Gasteiger partial charge in [-0.3, -0.25) is 4.79 Å². The molecule has 7 nitrogen and oxygen atoms in total. The average molecular weight is 411 g/mol. The number of amides is 3. The number of rotatable bonds is 9. The Morgan fingerprint density at radius 2 is 1.83 bits per heavy atom. The van der Waals surface area contributed by atoms with Gasteiger partial charge in [-0.25, -0.2) is 4.79 Å². The summed E-state index contributed by atoms with van der Waals surface area (Å²) < 4.78 is 5.21. The summed E-state index contributed by atoms with van der Waals surface area (Å²) in [5, 5.41) is 8.77. The van der Waals surface area contributed by atoms with Crippen molar-refractivity contribution in [1.29, 1.82) is 0 Å². The fraction of sp³-hybridized carbons (Fsp3) is 0.391. The molecule has 1 aliphatic carbocycles. The first-order valence-corrected chi connectivity index (χ1v) is 10.2. The van der Waals surface area contributed by atoms with E-state index in [4.69, 9.17) is 4.74 Å². The third kappa shape index (κ3) is 6.22. The number of urea groups is 1. The van der Waals surface area contributed by atoms with Crippen LogP contribution in [0.1, 0.15) is 40.4 Å².